The van der Waals surface area contributed by atoms with E-state index < -0.39 is 0 Å². The van der Waals surface area contributed by atoms with Gasteiger partial charge in [0.25, 0.3) is 0 Å². The van der Waals surface area contributed by atoms with Crippen molar-refractivity contribution in [1.29, 1.82) is 0 Å². The Kier molecular flexibility index (Phi) is 2.27. The zero-order valence-electron chi connectivity index (χ0n) is 9.00. The maximum atomic E-state index is 11.5. The van der Waals surface area contributed by atoms with E-state index in [2.05, 4.69) is 5.32 Å². The van der Waals surface area contributed by atoms with Crippen molar-refractivity contribution < 1.29 is 9.90 Å². The monoisotopic (exact) mass is 205 g/mol. The van der Waals surface area contributed by atoms with Crippen molar-refractivity contribution in [3.63, 3.8) is 0 Å². The smallest absolute Gasteiger partial charge is 0.225 e. The van der Waals surface area contributed by atoms with Crippen molar-refractivity contribution in [2.75, 3.05) is 5.32 Å². The summed E-state index contributed by atoms with van der Waals surface area (Å²) in [6, 6.07) is 5.76. The maximum absolute atomic E-state index is 11.5. The molecule has 1 aliphatic rings. The average molecular weight is 205 g/mol. The molecule has 0 radical (unpaired) electrons. The minimum absolute atomic E-state index is 0.0217. The lowest BCUT2D eigenvalue weighted by Gasteiger charge is -2.33. The van der Waals surface area contributed by atoms with E-state index in [1.54, 1.807) is 0 Å². The van der Waals surface area contributed by atoms with Crippen LogP contribution in [0.25, 0.3) is 0 Å². The zero-order valence-corrected chi connectivity index (χ0v) is 9.00. The number of amides is 1. The Morgan fingerprint density at radius 2 is 2.20 bits per heavy atom. The minimum Gasteiger partial charge on any atom is -0.392 e. The van der Waals surface area contributed by atoms with Crippen molar-refractivity contribution in [3.05, 3.63) is 29.3 Å². The Balaban J connectivity index is 2.60. The number of carbonyl (C=O) groups is 1. The Bertz CT molecular complexity index is 410. The molecule has 3 nitrogen and oxygen atoms in total. The highest BCUT2D eigenvalue weighted by molar-refractivity contribution is 5.96. The van der Waals surface area contributed by atoms with E-state index in [4.69, 9.17) is 0 Å². The molecule has 0 fully saturated rings. The first-order chi connectivity index (χ1) is 7.04. The van der Waals surface area contributed by atoms with Crippen LogP contribution in [0.5, 0.6) is 0 Å². The van der Waals surface area contributed by atoms with E-state index in [-0.39, 0.29) is 17.9 Å². The van der Waals surface area contributed by atoms with Gasteiger partial charge in [-0.15, -0.1) is 0 Å². The fourth-order valence-corrected chi connectivity index (χ4v) is 2.12. The van der Waals surface area contributed by atoms with Gasteiger partial charge in [0.05, 0.1) is 6.61 Å². The summed E-state index contributed by atoms with van der Waals surface area (Å²) in [6.07, 6.45) is 0.495. The van der Waals surface area contributed by atoms with Crippen LogP contribution in [0, 0.1) is 0 Å². The molecule has 0 aromatic heterocycles. The molecule has 0 atom stereocenters. The zero-order chi connectivity index (χ0) is 11.1. The molecule has 1 aliphatic heterocycles. The van der Waals surface area contributed by atoms with Crippen molar-refractivity contribution in [2.24, 2.45) is 0 Å². The van der Waals surface area contributed by atoms with Gasteiger partial charge in [-0.25, -0.2) is 0 Å². The van der Waals surface area contributed by atoms with E-state index >= 15 is 0 Å². The second-order valence-corrected chi connectivity index (χ2v) is 4.61. The summed E-state index contributed by atoms with van der Waals surface area (Å²) in [5, 5.41) is 12.0. The average Bonchev–Trinajstić information content (AvgIpc) is 2.15. The number of aliphatic hydroxyl groups excluding tert-OH is 1. The number of rotatable bonds is 1. The molecule has 0 saturated heterocycles. The SMILES string of the molecule is CC1(C)CC(=O)Nc2c(CO)cccc21. The highest BCUT2D eigenvalue weighted by Gasteiger charge is 2.32. The second kappa shape index (κ2) is 3.35. The lowest BCUT2D eigenvalue weighted by Crippen LogP contribution is -2.33. The summed E-state index contributed by atoms with van der Waals surface area (Å²) in [5.41, 5.74) is 2.53. The summed E-state index contributed by atoms with van der Waals surface area (Å²) < 4.78 is 0. The molecule has 80 valence electrons. The lowest BCUT2D eigenvalue weighted by molar-refractivity contribution is -0.117. The molecule has 0 unspecified atom stereocenters. The van der Waals surface area contributed by atoms with Crippen LogP contribution >= 0.6 is 0 Å². The van der Waals surface area contributed by atoms with E-state index in [0.717, 1.165) is 16.8 Å². The predicted molar refractivity (Wildman–Crippen MR) is 58.6 cm³/mol. The van der Waals surface area contributed by atoms with Gasteiger partial charge < -0.3 is 10.4 Å². The number of nitrogens with one attached hydrogen (secondary N) is 1. The van der Waals surface area contributed by atoms with Crippen LogP contribution in [0.15, 0.2) is 18.2 Å². The van der Waals surface area contributed by atoms with Crippen molar-refractivity contribution in [1.82, 2.24) is 0 Å². The first kappa shape index (κ1) is 10.2. The molecule has 0 bridgehead atoms. The van der Waals surface area contributed by atoms with E-state index in [1.165, 1.54) is 0 Å². The summed E-state index contributed by atoms with van der Waals surface area (Å²) >= 11 is 0. The number of benzene rings is 1. The van der Waals surface area contributed by atoms with Crippen molar-refractivity contribution >= 4 is 11.6 Å². The topological polar surface area (TPSA) is 49.3 Å². The van der Waals surface area contributed by atoms with Gasteiger partial charge in [0.2, 0.25) is 5.91 Å². The van der Waals surface area contributed by atoms with Gasteiger partial charge in [-0.05, 0) is 5.56 Å². The quantitative estimate of drug-likeness (QED) is 0.734. The maximum Gasteiger partial charge on any atom is 0.225 e. The van der Waals surface area contributed by atoms with Gasteiger partial charge in [0, 0.05) is 23.1 Å². The summed E-state index contributed by atoms with van der Waals surface area (Å²) in [7, 11) is 0. The predicted octanol–water partition coefficient (Wildman–Crippen LogP) is 1.80. The number of hydrogen-bond donors (Lipinski definition) is 2. The molecular formula is C12H15NO2. The first-order valence-electron chi connectivity index (χ1n) is 5.08. The number of hydrogen-bond acceptors (Lipinski definition) is 2. The molecular weight excluding hydrogens is 190 g/mol. The number of fused-ring (bicyclic) bond motifs is 1. The third kappa shape index (κ3) is 1.63. The summed E-state index contributed by atoms with van der Waals surface area (Å²) in [5.74, 6) is 0.0217. The molecule has 0 aliphatic carbocycles. The highest BCUT2D eigenvalue weighted by atomic mass is 16.3. The van der Waals surface area contributed by atoms with Crippen LogP contribution in [-0.2, 0) is 16.8 Å². The van der Waals surface area contributed by atoms with Crippen LogP contribution in [0.4, 0.5) is 5.69 Å². The second-order valence-electron chi connectivity index (χ2n) is 4.61. The third-order valence-electron chi connectivity index (χ3n) is 2.92. The Morgan fingerprint density at radius 3 is 2.87 bits per heavy atom. The fraction of sp³-hybridized carbons (Fsp3) is 0.417. The number of anilines is 1. The molecule has 3 heteroatoms. The fourth-order valence-electron chi connectivity index (χ4n) is 2.12. The van der Waals surface area contributed by atoms with Gasteiger partial charge in [0.1, 0.15) is 0 Å². The molecule has 1 heterocycles. The number of carbonyl (C=O) groups excluding carboxylic acids is 1. The van der Waals surface area contributed by atoms with Gasteiger partial charge >= 0.3 is 0 Å². The molecule has 2 rings (SSSR count). The Morgan fingerprint density at radius 1 is 1.47 bits per heavy atom. The molecule has 1 amide bonds. The van der Waals surface area contributed by atoms with Gasteiger partial charge in [-0.2, -0.15) is 0 Å². The Hall–Kier alpha value is -1.35. The normalized spacial score (nSPS) is 18.2. The number of aliphatic hydroxyl groups is 1. The van der Waals surface area contributed by atoms with Crippen LogP contribution in [0.2, 0.25) is 0 Å². The summed E-state index contributed by atoms with van der Waals surface area (Å²) in [6.45, 7) is 4.05. The van der Waals surface area contributed by atoms with Gasteiger partial charge in [-0.3, -0.25) is 4.79 Å². The molecule has 1 aromatic carbocycles. The van der Waals surface area contributed by atoms with E-state index in [9.17, 15) is 9.90 Å². The van der Waals surface area contributed by atoms with Crippen LogP contribution in [0.3, 0.4) is 0 Å². The largest absolute Gasteiger partial charge is 0.392 e. The Labute approximate surface area is 89.1 Å². The first-order valence-corrected chi connectivity index (χ1v) is 5.08. The van der Waals surface area contributed by atoms with Gasteiger partial charge in [0.15, 0.2) is 0 Å². The van der Waals surface area contributed by atoms with Crippen LogP contribution in [0.1, 0.15) is 31.4 Å². The molecule has 0 spiro atoms. The molecule has 15 heavy (non-hydrogen) atoms. The molecule has 2 N–H and O–H groups in total. The van der Waals surface area contributed by atoms with E-state index in [0.29, 0.717) is 6.42 Å². The van der Waals surface area contributed by atoms with Crippen LogP contribution in [-0.4, -0.2) is 11.0 Å². The standard InChI is InChI=1S/C12H15NO2/c1-12(2)6-10(15)13-11-8(7-14)4-3-5-9(11)12/h3-5,14H,6-7H2,1-2H3,(H,13,15). The van der Waals surface area contributed by atoms with Crippen molar-refractivity contribution in [2.45, 2.75) is 32.3 Å². The van der Waals surface area contributed by atoms with Crippen molar-refractivity contribution in [3.8, 4) is 0 Å². The highest BCUT2D eigenvalue weighted by Crippen LogP contribution is 2.38. The van der Waals surface area contributed by atoms with Gasteiger partial charge in [-0.1, -0.05) is 32.0 Å². The minimum atomic E-state index is -0.150. The number of para-hydroxylation sites is 1. The molecule has 1 aromatic rings. The van der Waals surface area contributed by atoms with E-state index in [1.807, 2.05) is 32.0 Å². The third-order valence-corrected chi connectivity index (χ3v) is 2.92. The lowest BCUT2D eigenvalue weighted by atomic mass is 9.77. The summed E-state index contributed by atoms with van der Waals surface area (Å²) in [4.78, 5) is 11.5. The molecule has 0 saturated carbocycles. The van der Waals surface area contributed by atoms with Crippen LogP contribution < -0.4 is 5.32 Å².